The summed E-state index contributed by atoms with van der Waals surface area (Å²) in [6.07, 6.45) is 1.61. The highest BCUT2D eigenvalue weighted by molar-refractivity contribution is 9.10. The molecule has 1 aromatic heterocycles. The second-order valence-corrected chi connectivity index (χ2v) is 5.15. The molecule has 2 rings (SSSR count). The quantitative estimate of drug-likeness (QED) is 0.837. The van der Waals surface area contributed by atoms with E-state index in [-0.39, 0.29) is 0 Å². The van der Waals surface area contributed by atoms with E-state index in [4.69, 9.17) is 10.5 Å². The van der Waals surface area contributed by atoms with Crippen molar-refractivity contribution in [2.45, 2.75) is 5.03 Å². The predicted molar refractivity (Wildman–Crippen MR) is 77.0 cm³/mol. The lowest BCUT2D eigenvalue weighted by atomic mass is 10.3. The molecule has 0 bridgehead atoms. The number of primary amides is 1. The first-order valence-corrected chi connectivity index (χ1v) is 6.87. The average Bonchev–Trinajstić information content (AvgIpc) is 2.39. The van der Waals surface area contributed by atoms with Crippen molar-refractivity contribution < 1.29 is 9.53 Å². The fraction of sp³-hybridized carbons (Fsp3) is 0. The summed E-state index contributed by atoms with van der Waals surface area (Å²) in [7, 11) is 0. The summed E-state index contributed by atoms with van der Waals surface area (Å²) in [5, 5.41) is 0.519. The maximum atomic E-state index is 10.7. The zero-order chi connectivity index (χ0) is 13.7. The molecule has 0 aliphatic carbocycles. The largest absolute Gasteiger partial charge is 0.454 e. The highest BCUT2D eigenvalue weighted by Gasteiger charge is 2.09. The van der Waals surface area contributed by atoms with Crippen LogP contribution in [-0.2, 0) is 0 Å². The van der Waals surface area contributed by atoms with Gasteiger partial charge < -0.3 is 10.5 Å². The Kier molecular flexibility index (Phi) is 4.64. The molecular formula is C12H10BrN3O2S. The third-order valence-corrected chi connectivity index (χ3v) is 3.24. The van der Waals surface area contributed by atoms with Crippen LogP contribution in [0.4, 0.5) is 4.79 Å². The number of pyridine rings is 1. The van der Waals surface area contributed by atoms with Crippen LogP contribution in [0.15, 0.2) is 52.1 Å². The van der Waals surface area contributed by atoms with Crippen molar-refractivity contribution in [2.75, 3.05) is 0 Å². The lowest BCUT2D eigenvalue weighted by Gasteiger charge is -2.10. The maximum absolute atomic E-state index is 10.7. The van der Waals surface area contributed by atoms with Gasteiger partial charge in [-0.15, -0.1) is 0 Å². The van der Waals surface area contributed by atoms with Gasteiger partial charge in [-0.3, -0.25) is 4.72 Å². The minimum absolute atomic E-state index is 0.519. The molecule has 1 heterocycles. The Hall–Kier alpha value is -1.73. The molecule has 0 fully saturated rings. The average molecular weight is 340 g/mol. The first-order valence-electron chi connectivity index (χ1n) is 5.26. The van der Waals surface area contributed by atoms with Gasteiger partial charge in [-0.2, -0.15) is 0 Å². The van der Waals surface area contributed by atoms with Gasteiger partial charge in [0.25, 0.3) is 0 Å². The number of carbonyl (C=O) groups excluding carboxylic acids is 1. The van der Waals surface area contributed by atoms with Crippen LogP contribution in [0.5, 0.6) is 11.5 Å². The van der Waals surface area contributed by atoms with Gasteiger partial charge in [0.2, 0.25) is 0 Å². The number of ether oxygens (including phenoxy) is 1. The van der Waals surface area contributed by atoms with Crippen LogP contribution < -0.4 is 15.2 Å². The summed E-state index contributed by atoms with van der Waals surface area (Å²) in [5.41, 5.74) is 5.02. The fourth-order valence-electron chi connectivity index (χ4n) is 1.27. The Bertz CT molecular complexity index is 580. The lowest BCUT2D eigenvalue weighted by molar-refractivity contribution is 0.254. The third kappa shape index (κ3) is 4.15. The Balaban J connectivity index is 2.22. The molecule has 1 aromatic carbocycles. The van der Waals surface area contributed by atoms with Crippen molar-refractivity contribution in [1.82, 2.24) is 9.71 Å². The molecule has 0 unspecified atom stereocenters. The van der Waals surface area contributed by atoms with Crippen LogP contribution in [0.1, 0.15) is 0 Å². The summed E-state index contributed by atoms with van der Waals surface area (Å²) in [5.74, 6) is 1.21. The van der Waals surface area contributed by atoms with Crippen molar-refractivity contribution in [3.8, 4) is 11.5 Å². The Morgan fingerprint density at radius 2 is 2.11 bits per heavy atom. The minimum atomic E-state index is -0.639. The Labute approximate surface area is 122 Å². The Morgan fingerprint density at radius 1 is 1.37 bits per heavy atom. The molecule has 0 saturated heterocycles. The zero-order valence-electron chi connectivity index (χ0n) is 9.67. The molecule has 7 heteroatoms. The van der Waals surface area contributed by atoms with Gasteiger partial charge in [0.05, 0.1) is 0 Å². The highest BCUT2D eigenvalue weighted by Crippen LogP contribution is 2.31. The molecule has 0 aliphatic rings. The van der Waals surface area contributed by atoms with E-state index in [0.717, 1.165) is 16.4 Å². The molecule has 0 aliphatic heterocycles. The van der Waals surface area contributed by atoms with Gasteiger partial charge in [0.15, 0.2) is 10.8 Å². The van der Waals surface area contributed by atoms with Gasteiger partial charge in [0, 0.05) is 22.6 Å². The van der Waals surface area contributed by atoms with Gasteiger partial charge >= 0.3 is 6.03 Å². The number of nitrogens with two attached hydrogens (primary N) is 1. The fourth-order valence-corrected chi connectivity index (χ4v) is 2.09. The number of carbonyl (C=O) groups is 1. The zero-order valence-corrected chi connectivity index (χ0v) is 12.1. The van der Waals surface area contributed by atoms with Crippen LogP contribution in [0.3, 0.4) is 0 Å². The third-order valence-electron chi connectivity index (χ3n) is 2.00. The first kappa shape index (κ1) is 13.7. The normalized spacial score (nSPS) is 9.95. The van der Waals surface area contributed by atoms with Crippen LogP contribution in [0.25, 0.3) is 0 Å². The summed E-state index contributed by atoms with van der Waals surface area (Å²) >= 11 is 4.33. The van der Waals surface area contributed by atoms with E-state index in [1.165, 1.54) is 0 Å². The maximum Gasteiger partial charge on any atom is 0.322 e. The number of rotatable bonds is 4. The van der Waals surface area contributed by atoms with E-state index in [1.807, 2.05) is 30.3 Å². The smallest absolute Gasteiger partial charge is 0.322 e. The number of halogens is 1. The van der Waals surface area contributed by atoms with Gasteiger partial charge in [-0.25, -0.2) is 9.78 Å². The van der Waals surface area contributed by atoms with Gasteiger partial charge in [-0.1, -0.05) is 18.2 Å². The van der Waals surface area contributed by atoms with Crippen LogP contribution in [-0.4, -0.2) is 11.0 Å². The van der Waals surface area contributed by atoms with Crippen molar-refractivity contribution in [2.24, 2.45) is 5.73 Å². The minimum Gasteiger partial charge on any atom is -0.454 e. The number of para-hydroxylation sites is 1. The number of hydrogen-bond donors (Lipinski definition) is 2. The van der Waals surface area contributed by atoms with Gasteiger partial charge in [0.1, 0.15) is 5.75 Å². The van der Waals surface area contributed by atoms with Crippen molar-refractivity contribution in [3.05, 3.63) is 47.1 Å². The van der Waals surface area contributed by atoms with E-state index in [2.05, 4.69) is 25.6 Å². The number of aromatic nitrogens is 1. The summed E-state index contributed by atoms with van der Waals surface area (Å²) in [6, 6.07) is 10.4. The summed E-state index contributed by atoms with van der Waals surface area (Å²) in [6.45, 7) is 0. The predicted octanol–water partition coefficient (Wildman–Crippen LogP) is 3.31. The van der Waals surface area contributed by atoms with Crippen molar-refractivity contribution in [1.29, 1.82) is 0 Å². The monoisotopic (exact) mass is 339 g/mol. The number of urea groups is 1. The van der Waals surface area contributed by atoms with Crippen LogP contribution >= 0.6 is 27.9 Å². The number of amides is 2. The summed E-state index contributed by atoms with van der Waals surface area (Å²) < 4.78 is 8.90. The molecule has 3 N–H and O–H groups in total. The molecule has 0 saturated carbocycles. The van der Waals surface area contributed by atoms with Crippen LogP contribution in [0, 0.1) is 0 Å². The van der Waals surface area contributed by atoms with Gasteiger partial charge in [-0.05, 0) is 34.1 Å². The Morgan fingerprint density at radius 3 is 2.79 bits per heavy atom. The molecule has 2 amide bonds. The SMILES string of the molecule is NC(=O)NSc1ncc(Br)cc1Oc1ccccc1. The first-order chi connectivity index (χ1) is 9.15. The molecule has 0 radical (unpaired) electrons. The molecular weight excluding hydrogens is 330 g/mol. The second kappa shape index (κ2) is 6.44. The highest BCUT2D eigenvalue weighted by atomic mass is 79.9. The molecule has 19 heavy (non-hydrogen) atoms. The number of benzene rings is 1. The topological polar surface area (TPSA) is 77.2 Å². The summed E-state index contributed by atoms with van der Waals surface area (Å²) in [4.78, 5) is 14.9. The molecule has 98 valence electrons. The number of hydrogen-bond acceptors (Lipinski definition) is 4. The molecule has 0 spiro atoms. The van der Waals surface area contributed by atoms with E-state index < -0.39 is 6.03 Å². The number of nitrogens with zero attached hydrogens (tertiary/aromatic N) is 1. The standard InChI is InChI=1S/C12H10BrN3O2S/c13-8-6-10(18-9-4-2-1-3-5-9)11(15-7-8)19-16-12(14)17/h1-7H,(H3,14,16,17). The van der Waals surface area contributed by atoms with E-state index in [0.29, 0.717) is 16.5 Å². The van der Waals surface area contributed by atoms with Crippen molar-refractivity contribution >= 4 is 33.9 Å². The molecule has 0 atom stereocenters. The van der Waals surface area contributed by atoms with Crippen molar-refractivity contribution in [3.63, 3.8) is 0 Å². The lowest BCUT2D eigenvalue weighted by Crippen LogP contribution is -2.23. The van der Waals surface area contributed by atoms with E-state index in [9.17, 15) is 4.79 Å². The van der Waals surface area contributed by atoms with Crippen LogP contribution in [0.2, 0.25) is 0 Å². The number of nitrogens with one attached hydrogen (secondary N) is 1. The molecule has 5 nitrogen and oxygen atoms in total. The second-order valence-electron chi connectivity index (χ2n) is 3.44. The van der Waals surface area contributed by atoms with E-state index >= 15 is 0 Å². The molecule has 2 aromatic rings. The van der Waals surface area contributed by atoms with E-state index in [1.54, 1.807) is 12.3 Å².